The van der Waals surface area contributed by atoms with Crippen LogP contribution in [0.4, 0.5) is 0 Å². The van der Waals surface area contributed by atoms with Crippen LogP contribution in [0.3, 0.4) is 0 Å². The molecule has 0 radical (unpaired) electrons. The number of benzene rings is 1. The van der Waals surface area contributed by atoms with Crippen LogP contribution in [0.1, 0.15) is 43.6 Å². The highest BCUT2D eigenvalue weighted by Gasteiger charge is 2.31. The molecule has 1 N–H and O–H groups in total. The Morgan fingerprint density at radius 2 is 2.03 bits per heavy atom. The monoisotopic (exact) mass is 407 g/mol. The summed E-state index contributed by atoms with van der Waals surface area (Å²) in [6, 6.07) is 7.63. The molecular weight excluding hydrogens is 382 g/mol. The predicted octanol–water partition coefficient (Wildman–Crippen LogP) is 3.37. The first-order valence-corrected chi connectivity index (χ1v) is 10.7. The third kappa shape index (κ3) is 3.65. The second kappa shape index (κ2) is 8.07. The van der Waals surface area contributed by atoms with Crippen LogP contribution in [0.15, 0.2) is 34.9 Å². The van der Waals surface area contributed by atoms with E-state index in [0.717, 1.165) is 34.8 Å². The predicted molar refractivity (Wildman–Crippen MR) is 112 cm³/mol. The number of furan rings is 1. The number of amides is 2. The molecule has 2 saturated heterocycles. The first kappa shape index (κ1) is 19.1. The fraction of sp³-hybridized carbons (Fsp3) is 0.435. The zero-order chi connectivity index (χ0) is 20.5. The van der Waals surface area contributed by atoms with E-state index in [1.807, 2.05) is 24.3 Å². The molecule has 2 aliphatic heterocycles. The van der Waals surface area contributed by atoms with Gasteiger partial charge >= 0.3 is 0 Å². The van der Waals surface area contributed by atoms with E-state index in [4.69, 9.17) is 9.15 Å². The van der Waals surface area contributed by atoms with Crippen LogP contribution >= 0.6 is 0 Å². The number of carbonyl (C=O) groups is 2. The molecular formula is C23H25N3O4. The Labute approximate surface area is 174 Å². The van der Waals surface area contributed by atoms with E-state index < -0.39 is 5.92 Å². The number of carbonyl (C=O) groups excluding carboxylic acids is 2. The van der Waals surface area contributed by atoms with Gasteiger partial charge in [0, 0.05) is 35.4 Å². The SMILES string of the molecule is O=C1CCC(c2coc3ccc4nc(OCCCN5CCCC5)ccc4c23)C(=O)N1. The van der Waals surface area contributed by atoms with Crippen LogP contribution in [0, 0.1) is 0 Å². The highest BCUT2D eigenvalue weighted by atomic mass is 16.5. The number of likely N-dealkylation sites (tertiary alicyclic amines) is 1. The molecule has 1 atom stereocenters. The van der Waals surface area contributed by atoms with Crippen molar-refractivity contribution in [1.82, 2.24) is 15.2 Å². The van der Waals surface area contributed by atoms with E-state index in [1.165, 1.54) is 25.9 Å². The average Bonchev–Trinajstić information content (AvgIpc) is 3.41. The summed E-state index contributed by atoms with van der Waals surface area (Å²) in [5.41, 5.74) is 2.32. The van der Waals surface area contributed by atoms with Gasteiger partial charge in [0.25, 0.3) is 0 Å². The average molecular weight is 407 g/mol. The smallest absolute Gasteiger partial charge is 0.234 e. The fourth-order valence-corrected chi connectivity index (χ4v) is 4.55. The quantitative estimate of drug-likeness (QED) is 0.498. The summed E-state index contributed by atoms with van der Waals surface area (Å²) in [5.74, 6) is -0.274. The third-order valence-corrected chi connectivity index (χ3v) is 6.09. The second-order valence-electron chi connectivity index (χ2n) is 8.10. The van der Waals surface area contributed by atoms with Gasteiger partial charge in [-0.15, -0.1) is 0 Å². The van der Waals surface area contributed by atoms with Crippen molar-refractivity contribution in [2.45, 2.75) is 38.0 Å². The molecule has 2 aliphatic rings. The van der Waals surface area contributed by atoms with Gasteiger partial charge in [-0.05, 0) is 57.0 Å². The summed E-state index contributed by atoms with van der Waals surface area (Å²) >= 11 is 0. The fourth-order valence-electron chi connectivity index (χ4n) is 4.55. The molecule has 7 nitrogen and oxygen atoms in total. The summed E-state index contributed by atoms with van der Waals surface area (Å²) in [5, 5.41) is 4.24. The number of ether oxygens (including phenoxy) is 1. The molecule has 0 saturated carbocycles. The maximum absolute atomic E-state index is 12.4. The molecule has 4 heterocycles. The number of pyridine rings is 1. The van der Waals surface area contributed by atoms with Crippen molar-refractivity contribution in [3.05, 3.63) is 36.1 Å². The number of piperidine rings is 1. The van der Waals surface area contributed by atoms with Gasteiger partial charge in [0.05, 0.1) is 24.3 Å². The highest BCUT2D eigenvalue weighted by Crippen LogP contribution is 2.36. The molecule has 1 aromatic carbocycles. The van der Waals surface area contributed by atoms with Gasteiger partial charge in [-0.2, -0.15) is 0 Å². The number of nitrogens with one attached hydrogen (secondary N) is 1. The number of rotatable bonds is 6. The van der Waals surface area contributed by atoms with Crippen LogP contribution in [0.2, 0.25) is 0 Å². The maximum atomic E-state index is 12.4. The van der Waals surface area contributed by atoms with Crippen molar-refractivity contribution in [3.8, 4) is 5.88 Å². The van der Waals surface area contributed by atoms with Gasteiger partial charge in [-0.25, -0.2) is 4.98 Å². The summed E-state index contributed by atoms with van der Waals surface area (Å²) in [4.78, 5) is 31.0. The molecule has 2 amide bonds. The lowest BCUT2D eigenvalue weighted by molar-refractivity contribution is -0.134. The van der Waals surface area contributed by atoms with Crippen LogP contribution in [-0.2, 0) is 9.59 Å². The molecule has 2 fully saturated rings. The molecule has 7 heteroatoms. The second-order valence-corrected chi connectivity index (χ2v) is 8.10. The van der Waals surface area contributed by atoms with Crippen LogP contribution in [0.25, 0.3) is 21.9 Å². The van der Waals surface area contributed by atoms with Crippen molar-refractivity contribution in [2.24, 2.45) is 0 Å². The Kier molecular flexibility index (Phi) is 5.12. The van der Waals surface area contributed by atoms with Gasteiger partial charge in [0.2, 0.25) is 17.7 Å². The Bertz CT molecular complexity index is 1100. The first-order chi connectivity index (χ1) is 14.7. The van der Waals surface area contributed by atoms with Crippen LogP contribution < -0.4 is 10.1 Å². The molecule has 5 rings (SSSR count). The van der Waals surface area contributed by atoms with E-state index >= 15 is 0 Å². The molecule has 1 unspecified atom stereocenters. The van der Waals surface area contributed by atoms with Crippen molar-refractivity contribution >= 4 is 33.7 Å². The van der Waals surface area contributed by atoms with Gasteiger partial charge in [0.15, 0.2) is 0 Å². The van der Waals surface area contributed by atoms with E-state index in [-0.39, 0.29) is 11.8 Å². The molecule has 0 aliphatic carbocycles. The minimum Gasteiger partial charge on any atom is -0.478 e. The lowest BCUT2D eigenvalue weighted by atomic mass is 9.89. The van der Waals surface area contributed by atoms with Gasteiger partial charge < -0.3 is 14.1 Å². The molecule has 30 heavy (non-hydrogen) atoms. The summed E-state index contributed by atoms with van der Waals surface area (Å²) < 4.78 is 11.6. The summed E-state index contributed by atoms with van der Waals surface area (Å²) in [7, 11) is 0. The van der Waals surface area contributed by atoms with Gasteiger partial charge in [-0.1, -0.05) is 0 Å². The van der Waals surface area contributed by atoms with Crippen molar-refractivity contribution in [1.29, 1.82) is 0 Å². The van der Waals surface area contributed by atoms with E-state index in [9.17, 15) is 9.59 Å². The summed E-state index contributed by atoms with van der Waals surface area (Å²) in [6.45, 7) is 4.11. The van der Waals surface area contributed by atoms with Crippen LogP contribution in [0.5, 0.6) is 5.88 Å². The number of aromatic nitrogens is 1. The maximum Gasteiger partial charge on any atom is 0.234 e. The van der Waals surface area contributed by atoms with E-state index in [1.54, 1.807) is 6.26 Å². The Morgan fingerprint density at radius 3 is 2.87 bits per heavy atom. The Balaban J connectivity index is 1.36. The molecule has 2 aromatic heterocycles. The number of hydrogen-bond acceptors (Lipinski definition) is 6. The Hall–Kier alpha value is -2.93. The van der Waals surface area contributed by atoms with Crippen molar-refractivity contribution in [3.63, 3.8) is 0 Å². The molecule has 3 aromatic rings. The third-order valence-electron chi connectivity index (χ3n) is 6.09. The number of fused-ring (bicyclic) bond motifs is 3. The number of hydrogen-bond donors (Lipinski definition) is 1. The number of nitrogens with zero attached hydrogens (tertiary/aromatic N) is 2. The topological polar surface area (TPSA) is 84.7 Å². The van der Waals surface area contributed by atoms with Gasteiger partial charge in [0.1, 0.15) is 5.58 Å². The molecule has 156 valence electrons. The van der Waals surface area contributed by atoms with Crippen molar-refractivity contribution < 1.29 is 18.7 Å². The minimum absolute atomic E-state index is 0.220. The van der Waals surface area contributed by atoms with E-state index in [0.29, 0.717) is 30.9 Å². The molecule has 0 bridgehead atoms. The zero-order valence-electron chi connectivity index (χ0n) is 16.9. The largest absolute Gasteiger partial charge is 0.478 e. The minimum atomic E-state index is -0.393. The van der Waals surface area contributed by atoms with Crippen LogP contribution in [-0.4, -0.2) is 47.9 Å². The lowest BCUT2D eigenvalue weighted by Crippen LogP contribution is -2.39. The highest BCUT2D eigenvalue weighted by molar-refractivity contribution is 6.09. The Morgan fingerprint density at radius 1 is 1.17 bits per heavy atom. The zero-order valence-corrected chi connectivity index (χ0v) is 16.9. The lowest BCUT2D eigenvalue weighted by Gasteiger charge is -2.20. The first-order valence-electron chi connectivity index (χ1n) is 10.7. The normalized spacial score (nSPS) is 20.2. The van der Waals surface area contributed by atoms with Gasteiger partial charge in [-0.3, -0.25) is 14.9 Å². The van der Waals surface area contributed by atoms with Crippen molar-refractivity contribution in [2.75, 3.05) is 26.2 Å². The number of imide groups is 1. The summed E-state index contributed by atoms with van der Waals surface area (Å²) in [6.07, 6.45) is 6.04. The molecule has 0 spiro atoms. The van der Waals surface area contributed by atoms with E-state index in [2.05, 4.69) is 15.2 Å². The standard InChI is InChI=1S/C23H25N3O4/c27-20-8-4-15(23(28)25-20)17-14-30-19-7-6-18-16(22(17)19)5-9-21(24-18)29-13-3-12-26-10-1-2-11-26/h5-7,9,14-15H,1-4,8,10-13H2,(H,25,27,28).